The summed E-state index contributed by atoms with van der Waals surface area (Å²) in [4.78, 5) is 31.5. The van der Waals surface area contributed by atoms with Gasteiger partial charge >= 0.3 is 5.97 Å². The summed E-state index contributed by atoms with van der Waals surface area (Å²) in [5, 5.41) is 0. The number of para-hydroxylation sites is 1. The molecule has 3 heterocycles. The van der Waals surface area contributed by atoms with Crippen LogP contribution in [0.4, 0.5) is 0 Å². The Morgan fingerprint density at radius 2 is 2.10 bits per heavy atom. The Morgan fingerprint density at radius 3 is 2.87 bits per heavy atom. The van der Waals surface area contributed by atoms with E-state index >= 15 is 0 Å². The highest BCUT2D eigenvalue weighted by Crippen LogP contribution is 2.47. The Morgan fingerprint density at radius 1 is 1.30 bits per heavy atom. The molecule has 8 heteroatoms. The smallest absolute Gasteiger partial charge is 0.317 e. The first-order valence-electron chi connectivity index (χ1n) is 9.35. The third kappa shape index (κ3) is 2.92. The van der Waals surface area contributed by atoms with Crippen molar-refractivity contribution in [2.45, 2.75) is 18.7 Å². The molecule has 0 N–H and O–H groups in total. The maximum atomic E-state index is 13.5. The van der Waals surface area contributed by atoms with Gasteiger partial charge in [0, 0.05) is 9.13 Å². The van der Waals surface area contributed by atoms with Gasteiger partial charge in [-0.1, -0.05) is 41.7 Å². The van der Waals surface area contributed by atoms with Crippen LogP contribution in [0.15, 0.2) is 58.3 Å². The van der Waals surface area contributed by atoms with Gasteiger partial charge in [0.25, 0.3) is 5.56 Å². The van der Waals surface area contributed by atoms with Crippen molar-refractivity contribution >= 4 is 46.0 Å². The fraction of sp³-hybridized carbons (Fsp3) is 0.227. The lowest BCUT2D eigenvalue weighted by Crippen LogP contribution is -2.58. The normalized spacial score (nSPS) is 24.3. The Balaban J connectivity index is 1.80. The van der Waals surface area contributed by atoms with Crippen LogP contribution in [0.5, 0.6) is 5.75 Å². The molecule has 1 aromatic heterocycles. The van der Waals surface area contributed by atoms with Crippen molar-refractivity contribution < 1.29 is 14.3 Å². The second-order valence-electron chi connectivity index (χ2n) is 7.38. The first-order valence-corrected chi connectivity index (χ1v) is 11.2. The minimum atomic E-state index is -1.15. The highest BCUT2D eigenvalue weighted by molar-refractivity contribution is 14.1. The molecular weight excluding hydrogens is 515 g/mol. The second-order valence-corrected chi connectivity index (χ2v) is 9.63. The third-order valence-electron chi connectivity index (χ3n) is 5.48. The number of methoxy groups -OCH3 is 1. The first-order chi connectivity index (χ1) is 14.4. The minimum absolute atomic E-state index is 0.171. The molecule has 6 nitrogen and oxygen atoms in total. The number of carbonyl (C=O) groups is 1. The predicted molar refractivity (Wildman–Crippen MR) is 121 cm³/mol. The zero-order chi connectivity index (χ0) is 21.0. The van der Waals surface area contributed by atoms with Gasteiger partial charge in [0.1, 0.15) is 11.7 Å². The van der Waals surface area contributed by atoms with Crippen molar-refractivity contribution in [3.05, 3.63) is 82.9 Å². The van der Waals surface area contributed by atoms with Crippen molar-refractivity contribution in [2.75, 3.05) is 7.11 Å². The van der Waals surface area contributed by atoms with E-state index in [1.54, 1.807) is 11.5 Å². The number of fused-ring (bicyclic) bond motifs is 6. The van der Waals surface area contributed by atoms with Crippen LogP contribution in [-0.4, -0.2) is 23.4 Å². The number of benzene rings is 2. The Bertz CT molecular complexity index is 1360. The number of nitrogens with zero attached hydrogens (tertiary/aromatic N) is 2. The summed E-state index contributed by atoms with van der Waals surface area (Å²) in [5.41, 5.74) is 0.397. The van der Waals surface area contributed by atoms with Crippen LogP contribution in [0.25, 0.3) is 6.08 Å². The van der Waals surface area contributed by atoms with Crippen LogP contribution in [0.1, 0.15) is 24.1 Å². The van der Waals surface area contributed by atoms with E-state index in [0.29, 0.717) is 15.1 Å². The molecule has 0 saturated heterocycles. The molecule has 2 aliphatic heterocycles. The first kappa shape index (κ1) is 19.5. The zero-order valence-corrected chi connectivity index (χ0v) is 19.1. The average molecular weight is 532 g/mol. The van der Waals surface area contributed by atoms with Gasteiger partial charge in [-0.2, -0.15) is 0 Å². The fourth-order valence-electron chi connectivity index (χ4n) is 4.18. The van der Waals surface area contributed by atoms with Crippen molar-refractivity contribution in [1.82, 2.24) is 4.57 Å². The van der Waals surface area contributed by atoms with E-state index in [4.69, 9.17) is 14.5 Å². The molecule has 0 radical (unpaired) electrons. The number of hydrogen-bond donors (Lipinski definition) is 0. The monoisotopic (exact) mass is 532 g/mol. The average Bonchev–Trinajstić information content (AvgIpc) is 3.00. The van der Waals surface area contributed by atoms with Gasteiger partial charge in [-0.15, -0.1) is 0 Å². The molecule has 0 fully saturated rings. The SMILES string of the molecule is COC(=O)[C@@H]1[C@H]2c3ccccc3O[C@@]1(C)N=c1s/c(=C/c3cccc(I)c3)c(=O)n12. The third-order valence-corrected chi connectivity index (χ3v) is 7.14. The summed E-state index contributed by atoms with van der Waals surface area (Å²) in [6, 6.07) is 14.8. The molecule has 0 spiro atoms. The molecule has 3 atom stereocenters. The van der Waals surface area contributed by atoms with Crippen LogP contribution in [-0.2, 0) is 9.53 Å². The summed E-state index contributed by atoms with van der Waals surface area (Å²) in [5.74, 6) is -0.587. The van der Waals surface area contributed by atoms with Gasteiger partial charge in [0.05, 0.1) is 17.7 Å². The number of esters is 1. The summed E-state index contributed by atoms with van der Waals surface area (Å²) < 4.78 is 14.5. The number of ether oxygens (including phenoxy) is 2. The molecule has 152 valence electrons. The largest absolute Gasteiger partial charge is 0.469 e. The van der Waals surface area contributed by atoms with Crippen LogP contribution in [0.3, 0.4) is 0 Å². The standard InChI is InChI=1S/C22H17IN2O4S/c1-22-17(20(27)28-2)18(14-8-3-4-9-15(14)29-22)25-19(26)16(30-21(25)24-22)11-12-6-5-7-13(23)10-12/h3-11,17-18H,1-2H3/b16-11+/t17-,18+,22+/m0/s1. The van der Waals surface area contributed by atoms with E-state index in [1.165, 1.54) is 18.4 Å². The molecule has 0 aliphatic carbocycles. The Kier molecular flexibility index (Phi) is 4.59. The minimum Gasteiger partial charge on any atom is -0.469 e. The lowest BCUT2D eigenvalue weighted by atomic mass is 9.81. The van der Waals surface area contributed by atoms with E-state index in [1.807, 2.05) is 54.6 Å². The fourth-order valence-corrected chi connectivity index (χ4v) is 5.85. The molecular formula is C22H17IN2O4S. The summed E-state index contributed by atoms with van der Waals surface area (Å²) in [6.45, 7) is 1.77. The number of rotatable bonds is 2. The molecule has 0 amide bonds. The molecule has 5 rings (SSSR count). The van der Waals surface area contributed by atoms with Crippen molar-refractivity contribution in [2.24, 2.45) is 10.9 Å². The van der Waals surface area contributed by atoms with Crippen molar-refractivity contribution in [3.63, 3.8) is 0 Å². The number of halogens is 1. The van der Waals surface area contributed by atoms with Crippen molar-refractivity contribution in [1.29, 1.82) is 0 Å². The Labute approximate surface area is 189 Å². The Hall–Kier alpha value is -2.46. The molecule has 0 saturated carbocycles. The summed E-state index contributed by atoms with van der Waals surface area (Å²) in [7, 11) is 1.34. The maximum Gasteiger partial charge on any atom is 0.317 e. The highest BCUT2D eigenvalue weighted by Gasteiger charge is 2.55. The molecule has 2 bridgehead atoms. The molecule has 0 unspecified atom stereocenters. The van der Waals surface area contributed by atoms with Crippen LogP contribution in [0.2, 0.25) is 0 Å². The summed E-state index contributed by atoms with van der Waals surface area (Å²) in [6.07, 6.45) is 1.86. The molecule has 2 aromatic carbocycles. The number of aromatic nitrogens is 1. The van der Waals surface area contributed by atoms with E-state index in [0.717, 1.165) is 14.7 Å². The van der Waals surface area contributed by atoms with Gasteiger partial charge in [0.15, 0.2) is 4.80 Å². The van der Waals surface area contributed by atoms with Gasteiger partial charge in [-0.25, -0.2) is 4.99 Å². The van der Waals surface area contributed by atoms with Gasteiger partial charge < -0.3 is 9.47 Å². The van der Waals surface area contributed by atoms with Crippen LogP contribution in [0, 0.1) is 9.49 Å². The van der Waals surface area contributed by atoms with E-state index < -0.39 is 23.7 Å². The molecule has 2 aliphatic rings. The number of hydrogen-bond acceptors (Lipinski definition) is 6. The van der Waals surface area contributed by atoms with Crippen LogP contribution < -0.4 is 19.6 Å². The molecule has 3 aromatic rings. The van der Waals surface area contributed by atoms with Gasteiger partial charge in [-0.05, 0) is 59.4 Å². The number of carbonyl (C=O) groups excluding carboxylic acids is 1. The van der Waals surface area contributed by atoms with E-state index in [9.17, 15) is 9.59 Å². The van der Waals surface area contributed by atoms with Crippen LogP contribution >= 0.6 is 33.9 Å². The maximum absolute atomic E-state index is 13.5. The van der Waals surface area contributed by atoms with E-state index in [-0.39, 0.29) is 5.56 Å². The topological polar surface area (TPSA) is 69.9 Å². The number of thiazole rings is 1. The van der Waals surface area contributed by atoms with Gasteiger partial charge in [-0.3, -0.25) is 14.2 Å². The van der Waals surface area contributed by atoms with E-state index in [2.05, 4.69) is 22.6 Å². The zero-order valence-electron chi connectivity index (χ0n) is 16.2. The highest BCUT2D eigenvalue weighted by atomic mass is 127. The quantitative estimate of drug-likeness (QED) is 0.376. The predicted octanol–water partition coefficient (Wildman–Crippen LogP) is 2.46. The summed E-state index contributed by atoms with van der Waals surface area (Å²) >= 11 is 3.55. The molecule has 30 heavy (non-hydrogen) atoms. The second kappa shape index (κ2) is 7.05. The van der Waals surface area contributed by atoms with Crippen molar-refractivity contribution in [3.8, 4) is 5.75 Å². The lowest BCUT2D eigenvalue weighted by Gasteiger charge is -2.44. The lowest BCUT2D eigenvalue weighted by molar-refractivity contribution is -0.158. The van der Waals surface area contributed by atoms with Gasteiger partial charge in [0.2, 0.25) is 5.72 Å².